The minimum Gasteiger partial charge on any atom is -0.595 e. The summed E-state index contributed by atoms with van der Waals surface area (Å²) in [6.45, 7) is -0.695. The summed E-state index contributed by atoms with van der Waals surface area (Å²) in [4.78, 5) is 15.5. The van der Waals surface area contributed by atoms with Crippen molar-refractivity contribution in [2.24, 2.45) is 0 Å². The summed E-state index contributed by atoms with van der Waals surface area (Å²) in [7, 11) is 0. The van der Waals surface area contributed by atoms with Gasteiger partial charge in [-0.25, -0.2) is 5.21 Å². The van der Waals surface area contributed by atoms with Crippen LogP contribution in [-0.4, -0.2) is 22.8 Å². The highest BCUT2D eigenvalue weighted by atomic mass is 17.1. The Balaban J connectivity index is 2.82. The lowest BCUT2D eigenvalue weighted by Crippen LogP contribution is -3.03. The predicted octanol–water partition coefficient (Wildman–Crippen LogP) is -2.02. The average Bonchev–Trinajstić information content (AvgIpc) is 2.25. The van der Waals surface area contributed by atoms with Gasteiger partial charge in [0.15, 0.2) is 12.3 Å². The summed E-state index contributed by atoms with van der Waals surface area (Å²) in [5.74, 6) is -0.694. The number of hydrogen-bond acceptors (Lipinski definition) is 6. The predicted molar refractivity (Wildman–Crippen MR) is 48.6 cm³/mol. The molecule has 1 aromatic rings. The highest BCUT2D eigenvalue weighted by molar-refractivity contribution is 6.00. The molecule has 0 aromatic heterocycles. The fourth-order valence-corrected chi connectivity index (χ4v) is 1.12. The molecular formula is C8H10N2O6. The first-order valence-electron chi connectivity index (χ1n) is 4.23. The lowest BCUT2D eigenvalue weighted by atomic mass is 10.1. The Morgan fingerprint density at radius 3 is 2.50 bits per heavy atom. The van der Waals surface area contributed by atoms with Crippen LogP contribution in [0.3, 0.4) is 0 Å². The minimum absolute atomic E-state index is 0.0729. The second-order valence-corrected chi connectivity index (χ2v) is 2.83. The minimum atomic E-state index is -1.58. The van der Waals surface area contributed by atoms with Crippen molar-refractivity contribution in [3.05, 3.63) is 40.2 Å². The van der Waals surface area contributed by atoms with E-state index in [9.17, 15) is 15.2 Å². The van der Waals surface area contributed by atoms with Gasteiger partial charge in [0, 0.05) is 6.07 Å². The van der Waals surface area contributed by atoms with Crippen LogP contribution in [0.1, 0.15) is 10.4 Å². The van der Waals surface area contributed by atoms with Crippen molar-refractivity contribution in [1.82, 2.24) is 0 Å². The molecule has 0 saturated heterocycles. The van der Waals surface area contributed by atoms with Crippen LogP contribution in [0.5, 0.6) is 0 Å². The van der Waals surface area contributed by atoms with Gasteiger partial charge in [-0.15, -0.1) is 0 Å². The van der Waals surface area contributed by atoms with E-state index in [1.54, 1.807) is 0 Å². The first kappa shape index (κ1) is 12.7. The van der Waals surface area contributed by atoms with Crippen LogP contribution in [0.2, 0.25) is 0 Å². The van der Waals surface area contributed by atoms with Crippen molar-refractivity contribution in [1.29, 1.82) is 0 Å². The van der Waals surface area contributed by atoms with E-state index in [4.69, 9.17) is 10.4 Å². The Morgan fingerprint density at radius 1 is 1.31 bits per heavy atom. The SMILES string of the molecule is O=C(CO[NH+]([O-])O)c1ccccc1[NH+]([O-])O. The summed E-state index contributed by atoms with van der Waals surface area (Å²) in [5.41, 5.74) is -0.252. The summed E-state index contributed by atoms with van der Waals surface area (Å²) in [6.07, 6.45) is 0. The zero-order valence-electron chi connectivity index (χ0n) is 8.04. The Bertz CT molecular complexity index is 367. The molecule has 0 heterocycles. The van der Waals surface area contributed by atoms with Crippen LogP contribution < -0.4 is 10.6 Å². The number of Topliss-reactive ketones (excluding diaryl/α,β-unsaturated/α-hetero) is 1. The number of para-hydroxylation sites is 1. The van der Waals surface area contributed by atoms with E-state index >= 15 is 0 Å². The van der Waals surface area contributed by atoms with Gasteiger partial charge in [0.2, 0.25) is 5.78 Å². The van der Waals surface area contributed by atoms with Gasteiger partial charge in [-0.2, -0.15) is 15.3 Å². The van der Waals surface area contributed by atoms with Gasteiger partial charge in [0.25, 0.3) is 0 Å². The quantitative estimate of drug-likeness (QED) is 0.342. The van der Waals surface area contributed by atoms with Crippen LogP contribution in [0, 0.1) is 10.4 Å². The van der Waals surface area contributed by atoms with Gasteiger partial charge in [0.05, 0.1) is 5.56 Å². The van der Waals surface area contributed by atoms with E-state index in [0.29, 0.717) is 0 Å². The van der Waals surface area contributed by atoms with E-state index in [1.807, 2.05) is 0 Å². The molecule has 0 spiro atoms. The van der Waals surface area contributed by atoms with Crippen molar-refractivity contribution >= 4 is 11.5 Å². The van der Waals surface area contributed by atoms with E-state index < -0.39 is 23.0 Å². The maximum absolute atomic E-state index is 11.4. The van der Waals surface area contributed by atoms with Gasteiger partial charge in [0.1, 0.15) is 0 Å². The normalized spacial score (nSPS) is 14.5. The van der Waals surface area contributed by atoms with Crippen LogP contribution in [0.15, 0.2) is 24.3 Å². The lowest BCUT2D eigenvalue weighted by molar-refractivity contribution is -1.20. The monoisotopic (exact) mass is 230 g/mol. The van der Waals surface area contributed by atoms with Crippen LogP contribution in [0.4, 0.5) is 5.69 Å². The van der Waals surface area contributed by atoms with Gasteiger partial charge in [-0.3, -0.25) is 4.79 Å². The average molecular weight is 230 g/mol. The Kier molecular flexibility index (Phi) is 4.46. The third-order valence-corrected chi connectivity index (χ3v) is 1.78. The number of carbonyl (C=O) groups excluding carboxylic acids is 1. The second-order valence-electron chi connectivity index (χ2n) is 2.83. The summed E-state index contributed by atoms with van der Waals surface area (Å²) in [6, 6.07) is 5.52. The smallest absolute Gasteiger partial charge is 0.201 e. The number of nitrogens with one attached hydrogen (secondary N) is 2. The molecule has 2 atom stereocenters. The largest absolute Gasteiger partial charge is 0.595 e. The number of quaternary nitrogens is 2. The zero-order chi connectivity index (χ0) is 12.1. The fraction of sp³-hybridized carbons (Fsp3) is 0.125. The highest BCUT2D eigenvalue weighted by Crippen LogP contribution is 2.10. The second kappa shape index (κ2) is 5.63. The third-order valence-electron chi connectivity index (χ3n) is 1.78. The molecule has 0 amide bonds. The van der Waals surface area contributed by atoms with Crippen molar-refractivity contribution < 1.29 is 30.7 Å². The number of ketones is 1. The molecule has 0 aliphatic carbocycles. The molecule has 1 rings (SSSR count). The fourth-order valence-electron chi connectivity index (χ4n) is 1.12. The molecule has 8 heteroatoms. The van der Waals surface area contributed by atoms with Gasteiger partial charge in [-0.05, 0) is 6.07 Å². The first-order chi connectivity index (χ1) is 7.52. The highest BCUT2D eigenvalue weighted by Gasteiger charge is 2.16. The number of benzene rings is 1. The van der Waals surface area contributed by atoms with Crippen molar-refractivity contribution in [3.8, 4) is 0 Å². The van der Waals surface area contributed by atoms with Crippen LogP contribution >= 0.6 is 0 Å². The summed E-state index contributed by atoms with van der Waals surface area (Å²) < 4.78 is 0. The molecule has 4 N–H and O–H groups in total. The van der Waals surface area contributed by atoms with Crippen LogP contribution in [0.25, 0.3) is 0 Å². The van der Waals surface area contributed by atoms with Crippen molar-refractivity contribution in [3.63, 3.8) is 0 Å². The van der Waals surface area contributed by atoms with Gasteiger partial charge >= 0.3 is 0 Å². The Labute approximate surface area is 89.9 Å². The van der Waals surface area contributed by atoms with Crippen LogP contribution in [-0.2, 0) is 4.84 Å². The third kappa shape index (κ3) is 3.32. The Morgan fingerprint density at radius 2 is 1.94 bits per heavy atom. The summed E-state index contributed by atoms with van der Waals surface area (Å²) >= 11 is 0. The molecule has 8 nitrogen and oxygen atoms in total. The molecule has 0 aliphatic rings. The van der Waals surface area contributed by atoms with E-state index in [-0.39, 0.29) is 11.3 Å². The molecule has 2 unspecified atom stereocenters. The molecule has 1 aromatic carbocycles. The Hall–Kier alpha value is -1.39. The van der Waals surface area contributed by atoms with Crippen molar-refractivity contribution in [2.45, 2.75) is 0 Å². The zero-order valence-corrected chi connectivity index (χ0v) is 8.04. The van der Waals surface area contributed by atoms with Gasteiger partial charge < -0.3 is 10.4 Å². The topological polar surface area (TPSA) is 122 Å². The molecule has 0 aliphatic heterocycles. The number of hydrogen-bond donors (Lipinski definition) is 4. The van der Waals surface area contributed by atoms with E-state index in [1.165, 1.54) is 24.3 Å². The van der Waals surface area contributed by atoms with Gasteiger partial charge in [-0.1, -0.05) is 17.5 Å². The molecule has 0 radical (unpaired) electrons. The maximum atomic E-state index is 11.4. The van der Waals surface area contributed by atoms with E-state index in [2.05, 4.69) is 4.84 Å². The van der Waals surface area contributed by atoms with E-state index in [0.717, 1.165) is 0 Å². The molecule has 0 bridgehead atoms. The molecular weight excluding hydrogens is 220 g/mol. The maximum Gasteiger partial charge on any atom is 0.201 e. The molecule has 0 saturated carbocycles. The first-order valence-corrected chi connectivity index (χ1v) is 4.23. The standard InChI is InChI=1S/C8H10N2O6/c11-8(5-16-10(14)15)6-3-1-2-4-7(6)9(12)13/h1-4,9-10,12,14H,5H2. The summed E-state index contributed by atoms with van der Waals surface area (Å²) in [5, 5.41) is 35.0. The van der Waals surface area contributed by atoms with Crippen molar-refractivity contribution in [2.75, 3.05) is 6.61 Å². The lowest BCUT2D eigenvalue weighted by Gasteiger charge is -2.15. The molecule has 16 heavy (non-hydrogen) atoms. The molecule has 0 fully saturated rings. The number of carbonyl (C=O) groups is 1. The number of rotatable bonds is 5. The molecule has 88 valence electrons.